The van der Waals surface area contributed by atoms with Crippen molar-refractivity contribution >= 4 is 33.8 Å². The summed E-state index contributed by atoms with van der Waals surface area (Å²) in [6.45, 7) is 6.18. The van der Waals surface area contributed by atoms with Crippen molar-refractivity contribution < 1.29 is 0 Å². The molecule has 0 radical (unpaired) electrons. The van der Waals surface area contributed by atoms with Gasteiger partial charge < -0.3 is 10.6 Å². The molecule has 0 atom stereocenters. The third kappa shape index (κ3) is 4.42. The Kier molecular flexibility index (Phi) is 5.81. The quantitative estimate of drug-likeness (QED) is 0.450. The van der Waals surface area contributed by atoms with Crippen molar-refractivity contribution in [2.75, 3.05) is 12.4 Å². The summed E-state index contributed by atoms with van der Waals surface area (Å²) in [5.74, 6) is 1.27. The molecule has 0 amide bonds. The number of nitrogens with one attached hydrogen (secondary N) is 2. The lowest BCUT2D eigenvalue weighted by atomic mass is 9.96. The van der Waals surface area contributed by atoms with Gasteiger partial charge in [0.1, 0.15) is 17.6 Å². The van der Waals surface area contributed by atoms with Gasteiger partial charge in [-0.3, -0.25) is 4.98 Å². The topological polar surface area (TPSA) is 112 Å². The number of pyridine rings is 3. The molecule has 0 fully saturated rings. The number of hydrogen-bond donors (Lipinski definition) is 2. The van der Waals surface area contributed by atoms with Crippen LogP contribution >= 0.6 is 0 Å². The third-order valence-corrected chi connectivity index (χ3v) is 4.74. The van der Waals surface area contributed by atoms with Crippen molar-refractivity contribution in [1.82, 2.24) is 30.5 Å². The van der Waals surface area contributed by atoms with E-state index in [0.717, 1.165) is 38.9 Å². The van der Waals surface area contributed by atoms with E-state index in [1.807, 2.05) is 56.6 Å². The Bertz CT molecular complexity index is 1370. The molecule has 0 aliphatic carbocycles. The van der Waals surface area contributed by atoms with Crippen LogP contribution in [0.15, 0.2) is 67.8 Å². The zero-order valence-corrected chi connectivity index (χ0v) is 17.7. The molecule has 0 saturated heterocycles. The van der Waals surface area contributed by atoms with E-state index >= 15 is 0 Å². The lowest BCUT2D eigenvalue weighted by Gasteiger charge is -2.13. The van der Waals surface area contributed by atoms with Crippen LogP contribution in [-0.4, -0.2) is 32.2 Å². The first kappa shape index (κ1) is 20.6. The molecular weight excluding hydrogens is 400 g/mol. The van der Waals surface area contributed by atoms with Crippen LogP contribution in [0.2, 0.25) is 0 Å². The summed E-state index contributed by atoms with van der Waals surface area (Å²) in [7, 11) is 1.82. The highest BCUT2D eigenvalue weighted by atomic mass is 15.2. The predicted octanol–water partition coefficient (Wildman–Crippen LogP) is 4.01. The van der Waals surface area contributed by atoms with Crippen molar-refractivity contribution in [2.24, 2.45) is 0 Å². The van der Waals surface area contributed by atoms with Gasteiger partial charge in [0.05, 0.1) is 17.2 Å². The number of fused-ring (bicyclic) bond motifs is 1. The highest BCUT2D eigenvalue weighted by molar-refractivity contribution is 6.04. The first-order valence-electron chi connectivity index (χ1n) is 9.84. The van der Waals surface area contributed by atoms with Crippen molar-refractivity contribution in [3.8, 4) is 6.07 Å². The number of anilines is 2. The summed E-state index contributed by atoms with van der Waals surface area (Å²) in [6, 6.07) is 13.1. The van der Waals surface area contributed by atoms with Crippen LogP contribution in [0.25, 0.3) is 22.2 Å². The Balaban J connectivity index is 1.68. The number of hydrogen-bond acceptors (Lipinski definition) is 8. The van der Waals surface area contributed by atoms with Crippen molar-refractivity contribution in [1.29, 1.82) is 5.26 Å². The Morgan fingerprint density at radius 1 is 1.00 bits per heavy atom. The standard InChI is InChI=1S/C24H20N8/c1-15-8-24(32-29-11-15)31-23-7-6-21-22(30-23)9-18(13-28-21)20(14-26-3)16(2)17-4-5-19(10-25)27-12-17/h4-9,11-14,26H,2H2,1,3H3,(H,30,31,32)/b20-14+. The van der Waals surface area contributed by atoms with Gasteiger partial charge in [-0.05, 0) is 54.5 Å². The van der Waals surface area contributed by atoms with Gasteiger partial charge in [-0.15, -0.1) is 5.10 Å². The lowest BCUT2D eigenvalue weighted by molar-refractivity contribution is 1.02. The van der Waals surface area contributed by atoms with E-state index < -0.39 is 0 Å². The summed E-state index contributed by atoms with van der Waals surface area (Å²) in [5.41, 5.74) is 6.11. The molecule has 4 rings (SSSR count). The fraction of sp³-hybridized carbons (Fsp3) is 0.0833. The van der Waals surface area contributed by atoms with Crippen molar-refractivity contribution in [3.05, 3.63) is 90.2 Å². The molecule has 8 nitrogen and oxygen atoms in total. The second-order valence-electron chi connectivity index (χ2n) is 7.07. The minimum Gasteiger partial charge on any atom is -0.393 e. The number of rotatable bonds is 6. The molecule has 8 heteroatoms. The molecule has 4 heterocycles. The van der Waals surface area contributed by atoms with Gasteiger partial charge in [-0.25, -0.2) is 9.97 Å². The van der Waals surface area contributed by atoms with E-state index in [4.69, 9.17) is 10.2 Å². The maximum absolute atomic E-state index is 8.98. The number of aryl methyl sites for hydroxylation is 1. The second kappa shape index (κ2) is 9.02. The molecule has 32 heavy (non-hydrogen) atoms. The summed E-state index contributed by atoms with van der Waals surface area (Å²) in [4.78, 5) is 13.4. The highest BCUT2D eigenvalue weighted by Crippen LogP contribution is 2.30. The predicted molar refractivity (Wildman–Crippen MR) is 125 cm³/mol. The zero-order chi connectivity index (χ0) is 22.5. The second-order valence-corrected chi connectivity index (χ2v) is 7.07. The van der Waals surface area contributed by atoms with E-state index in [1.54, 1.807) is 24.7 Å². The van der Waals surface area contributed by atoms with Crippen molar-refractivity contribution in [3.63, 3.8) is 0 Å². The number of nitriles is 1. The zero-order valence-electron chi connectivity index (χ0n) is 17.7. The molecule has 156 valence electrons. The van der Waals surface area contributed by atoms with Gasteiger partial charge in [-0.2, -0.15) is 10.4 Å². The van der Waals surface area contributed by atoms with E-state index in [2.05, 4.69) is 37.4 Å². The van der Waals surface area contributed by atoms with E-state index in [-0.39, 0.29) is 0 Å². The van der Waals surface area contributed by atoms with Gasteiger partial charge in [0.2, 0.25) is 0 Å². The molecule has 0 aliphatic heterocycles. The molecule has 2 N–H and O–H groups in total. The monoisotopic (exact) mass is 420 g/mol. The maximum Gasteiger partial charge on any atom is 0.154 e. The first-order valence-corrected chi connectivity index (χ1v) is 9.84. The lowest BCUT2D eigenvalue weighted by Crippen LogP contribution is -2.01. The van der Waals surface area contributed by atoms with Crippen molar-refractivity contribution in [2.45, 2.75) is 6.92 Å². The SMILES string of the molecule is C=C(/C(=C\NC)c1cnc2ccc(Nc3cc(C)cnn3)nc2c1)c1ccc(C#N)nc1. The molecule has 0 saturated carbocycles. The van der Waals surface area contributed by atoms with Crippen LogP contribution in [-0.2, 0) is 0 Å². The Labute approximate surface area is 185 Å². The average Bonchev–Trinajstić information content (AvgIpc) is 2.82. The van der Waals surface area contributed by atoms with Gasteiger partial charge in [0.25, 0.3) is 0 Å². The molecular formula is C24H20N8. The van der Waals surface area contributed by atoms with Crippen LogP contribution in [0.3, 0.4) is 0 Å². The Morgan fingerprint density at radius 3 is 2.56 bits per heavy atom. The molecule has 0 unspecified atom stereocenters. The van der Waals surface area contributed by atoms with Crippen LogP contribution in [0.5, 0.6) is 0 Å². The van der Waals surface area contributed by atoms with Crippen LogP contribution in [0.4, 0.5) is 11.6 Å². The van der Waals surface area contributed by atoms with Gasteiger partial charge in [0.15, 0.2) is 5.82 Å². The van der Waals surface area contributed by atoms with Gasteiger partial charge in [-0.1, -0.05) is 6.58 Å². The smallest absolute Gasteiger partial charge is 0.154 e. The average molecular weight is 420 g/mol. The summed E-state index contributed by atoms with van der Waals surface area (Å²) in [5, 5.41) is 23.3. The molecule has 0 aliphatic rings. The van der Waals surface area contributed by atoms with Crippen LogP contribution < -0.4 is 10.6 Å². The number of nitrogens with zero attached hydrogens (tertiary/aromatic N) is 6. The van der Waals surface area contributed by atoms with E-state index in [9.17, 15) is 0 Å². The Morgan fingerprint density at radius 2 is 1.84 bits per heavy atom. The molecule has 0 spiro atoms. The third-order valence-electron chi connectivity index (χ3n) is 4.74. The molecule has 4 aromatic rings. The molecule has 0 aromatic carbocycles. The molecule has 0 bridgehead atoms. The summed E-state index contributed by atoms with van der Waals surface area (Å²) >= 11 is 0. The first-order chi connectivity index (χ1) is 15.6. The number of aromatic nitrogens is 5. The normalized spacial score (nSPS) is 11.1. The summed E-state index contributed by atoms with van der Waals surface area (Å²) in [6.07, 6.45) is 6.98. The van der Waals surface area contributed by atoms with Gasteiger partial charge in [0, 0.05) is 42.3 Å². The van der Waals surface area contributed by atoms with Crippen LogP contribution in [0.1, 0.15) is 22.4 Å². The molecule has 4 aromatic heterocycles. The summed E-state index contributed by atoms with van der Waals surface area (Å²) < 4.78 is 0. The van der Waals surface area contributed by atoms with Gasteiger partial charge >= 0.3 is 0 Å². The van der Waals surface area contributed by atoms with E-state index in [1.165, 1.54) is 0 Å². The maximum atomic E-state index is 8.98. The van der Waals surface area contributed by atoms with E-state index in [0.29, 0.717) is 17.3 Å². The Hall–Kier alpha value is -4.64. The fourth-order valence-corrected chi connectivity index (χ4v) is 3.16. The minimum absolute atomic E-state index is 0.357. The highest BCUT2D eigenvalue weighted by Gasteiger charge is 2.12. The van der Waals surface area contributed by atoms with Crippen LogP contribution in [0, 0.1) is 18.3 Å². The number of allylic oxidation sites excluding steroid dienone is 2. The largest absolute Gasteiger partial charge is 0.393 e. The fourth-order valence-electron chi connectivity index (χ4n) is 3.16. The minimum atomic E-state index is 0.357.